The highest BCUT2D eigenvalue weighted by Crippen LogP contribution is 2.69. The van der Waals surface area contributed by atoms with E-state index >= 15 is 0 Å². The van der Waals surface area contributed by atoms with Crippen LogP contribution in [0.4, 0.5) is 0 Å². The number of hydrogen-bond acceptors (Lipinski definition) is 6. The Morgan fingerprint density at radius 2 is 2.00 bits per heavy atom. The summed E-state index contributed by atoms with van der Waals surface area (Å²) in [6.07, 6.45) is 3.20. The second-order valence-corrected chi connectivity index (χ2v) is 11.8. The van der Waals surface area contributed by atoms with Gasteiger partial charge in [0.15, 0.2) is 0 Å². The summed E-state index contributed by atoms with van der Waals surface area (Å²) >= 11 is 1.65. The highest BCUT2D eigenvalue weighted by Gasteiger charge is 2.76. The van der Waals surface area contributed by atoms with Crippen molar-refractivity contribution in [2.45, 2.75) is 95.3 Å². The predicted molar refractivity (Wildman–Crippen MR) is 125 cm³/mol. The molecule has 2 N–H and O–H groups in total. The summed E-state index contributed by atoms with van der Waals surface area (Å²) in [5, 5.41) is 13.4. The van der Waals surface area contributed by atoms with E-state index in [-0.39, 0.29) is 54.1 Å². The molecule has 0 aliphatic carbocycles. The average Bonchev–Trinajstić information content (AvgIpc) is 3.30. The van der Waals surface area contributed by atoms with Crippen molar-refractivity contribution in [3.63, 3.8) is 0 Å². The van der Waals surface area contributed by atoms with E-state index in [0.29, 0.717) is 6.42 Å². The molecule has 2 amide bonds. The van der Waals surface area contributed by atoms with Crippen molar-refractivity contribution >= 4 is 29.5 Å². The number of hydrogen-bond donors (Lipinski definition) is 2. The Bertz CT molecular complexity index is 731. The molecule has 3 aliphatic rings. The van der Waals surface area contributed by atoms with E-state index in [1.54, 1.807) is 23.6 Å². The highest BCUT2D eigenvalue weighted by molar-refractivity contribution is 8.02. The number of ether oxygens (including phenoxy) is 1. The first-order chi connectivity index (χ1) is 15.1. The predicted octanol–water partition coefficient (Wildman–Crippen LogP) is 2.60. The Hall–Kier alpha value is -1.28. The van der Waals surface area contributed by atoms with E-state index < -0.39 is 28.7 Å². The van der Waals surface area contributed by atoms with Crippen molar-refractivity contribution < 1.29 is 24.2 Å². The van der Waals surface area contributed by atoms with Crippen LogP contribution in [0.1, 0.15) is 67.2 Å². The van der Waals surface area contributed by atoms with Gasteiger partial charge in [0.25, 0.3) is 0 Å². The molecular weight excluding hydrogens is 428 g/mol. The van der Waals surface area contributed by atoms with Crippen molar-refractivity contribution in [3.05, 3.63) is 0 Å². The van der Waals surface area contributed by atoms with Gasteiger partial charge in [-0.15, -0.1) is 11.8 Å². The van der Waals surface area contributed by atoms with Crippen LogP contribution in [0.3, 0.4) is 0 Å². The number of carbonyl (C=O) groups excluding carboxylic acids is 3. The molecule has 0 radical (unpaired) electrons. The zero-order valence-electron chi connectivity index (χ0n) is 20.3. The van der Waals surface area contributed by atoms with Gasteiger partial charge in [0.1, 0.15) is 6.04 Å². The van der Waals surface area contributed by atoms with Gasteiger partial charge >= 0.3 is 5.97 Å². The number of fused-ring (bicyclic) bond motifs is 1. The van der Waals surface area contributed by atoms with E-state index in [1.807, 2.05) is 20.8 Å². The largest absolute Gasteiger partial charge is 0.466 e. The van der Waals surface area contributed by atoms with Crippen molar-refractivity contribution in [1.29, 1.82) is 0 Å². The molecule has 0 saturated carbocycles. The standard InChI is InChI=1S/C24H40N2O5S/c1-7-9-15(6)25-21(28)20-24-14(5)11-17(32-24)18(23(30)31-8-2)19(24)22(29)26(20)16(12-27)10-13(3)4/h13-20,27H,7-12H2,1-6H3,(H,25,28)/t14?,15?,16-,17+,18-,19+,20?,24?/m1/s1. The SMILES string of the molecule is CCCC(C)NC(=O)C1N([C@@H](CO)CC(C)C)C(=O)[C@@H]2[C@H](C(=O)OCC)[C@@H]3CC(C)C12S3. The first-order valence-electron chi connectivity index (χ1n) is 12.2. The molecule has 3 rings (SSSR count). The van der Waals surface area contributed by atoms with Crippen molar-refractivity contribution in [3.8, 4) is 0 Å². The molecule has 3 heterocycles. The van der Waals surface area contributed by atoms with Crippen LogP contribution in [0.25, 0.3) is 0 Å². The molecule has 2 bridgehead atoms. The minimum Gasteiger partial charge on any atom is -0.466 e. The fourth-order valence-electron chi connectivity index (χ4n) is 6.31. The van der Waals surface area contributed by atoms with Crippen LogP contribution in [-0.2, 0) is 19.1 Å². The Kier molecular flexibility index (Phi) is 7.85. The van der Waals surface area contributed by atoms with Crippen molar-refractivity contribution in [2.75, 3.05) is 13.2 Å². The number of rotatable bonds is 10. The quantitative estimate of drug-likeness (QED) is 0.479. The minimum absolute atomic E-state index is 0.00246. The minimum atomic E-state index is -0.695. The van der Waals surface area contributed by atoms with E-state index in [9.17, 15) is 19.5 Å². The summed E-state index contributed by atoms with van der Waals surface area (Å²) in [6.45, 7) is 12.1. The summed E-state index contributed by atoms with van der Waals surface area (Å²) in [5.41, 5.74) is 0. The Morgan fingerprint density at radius 1 is 1.31 bits per heavy atom. The maximum Gasteiger partial charge on any atom is 0.310 e. The zero-order chi connectivity index (χ0) is 23.8. The van der Waals surface area contributed by atoms with Gasteiger partial charge in [-0.3, -0.25) is 14.4 Å². The monoisotopic (exact) mass is 468 g/mol. The number of carbonyl (C=O) groups is 3. The third kappa shape index (κ3) is 4.06. The molecule has 32 heavy (non-hydrogen) atoms. The summed E-state index contributed by atoms with van der Waals surface area (Å²) in [5.74, 6) is -1.42. The number of aliphatic hydroxyl groups is 1. The number of esters is 1. The molecule has 8 atom stereocenters. The fraction of sp³-hybridized carbons (Fsp3) is 0.875. The molecule has 3 fully saturated rings. The molecule has 1 spiro atoms. The van der Waals surface area contributed by atoms with Crippen LogP contribution in [-0.4, -0.2) is 69.1 Å². The first-order valence-corrected chi connectivity index (χ1v) is 13.1. The van der Waals surface area contributed by atoms with Crippen LogP contribution >= 0.6 is 11.8 Å². The number of nitrogens with zero attached hydrogens (tertiary/aromatic N) is 1. The maximum absolute atomic E-state index is 14.0. The molecule has 8 heteroatoms. The molecule has 3 aliphatic heterocycles. The number of aliphatic hydroxyl groups excluding tert-OH is 1. The van der Waals surface area contributed by atoms with Crippen molar-refractivity contribution in [2.24, 2.45) is 23.7 Å². The summed E-state index contributed by atoms with van der Waals surface area (Å²) < 4.78 is 4.71. The summed E-state index contributed by atoms with van der Waals surface area (Å²) in [7, 11) is 0. The summed E-state index contributed by atoms with van der Waals surface area (Å²) in [6, 6.07) is -1.15. The maximum atomic E-state index is 14.0. The lowest BCUT2D eigenvalue weighted by Gasteiger charge is -2.40. The van der Waals surface area contributed by atoms with Gasteiger partial charge < -0.3 is 20.1 Å². The van der Waals surface area contributed by atoms with Gasteiger partial charge in [0.2, 0.25) is 11.8 Å². The molecule has 3 saturated heterocycles. The second kappa shape index (κ2) is 9.92. The smallest absolute Gasteiger partial charge is 0.310 e. The van der Waals surface area contributed by atoms with E-state index in [0.717, 1.165) is 19.3 Å². The number of likely N-dealkylation sites (tertiary alicyclic amines) is 1. The van der Waals surface area contributed by atoms with Gasteiger partial charge in [0, 0.05) is 11.3 Å². The van der Waals surface area contributed by atoms with Gasteiger partial charge in [-0.05, 0) is 44.9 Å². The molecule has 4 unspecified atom stereocenters. The molecule has 0 aromatic carbocycles. The second-order valence-electron chi connectivity index (χ2n) is 10.2. The molecular formula is C24H40N2O5S. The Morgan fingerprint density at radius 3 is 2.56 bits per heavy atom. The topological polar surface area (TPSA) is 95.9 Å². The molecule has 7 nitrogen and oxygen atoms in total. The number of thioether (sulfide) groups is 1. The van der Waals surface area contributed by atoms with E-state index in [1.165, 1.54) is 0 Å². The normalized spacial score (nSPS) is 35.2. The first kappa shape index (κ1) is 25.3. The number of nitrogens with one attached hydrogen (secondary N) is 1. The molecule has 0 aromatic rings. The lowest BCUT2D eigenvalue weighted by Crippen LogP contribution is -2.59. The summed E-state index contributed by atoms with van der Waals surface area (Å²) in [4.78, 5) is 42.3. The lowest BCUT2D eigenvalue weighted by molar-refractivity contribution is -0.154. The van der Waals surface area contributed by atoms with E-state index in [2.05, 4.69) is 19.2 Å². The van der Waals surface area contributed by atoms with E-state index in [4.69, 9.17) is 4.74 Å². The van der Waals surface area contributed by atoms with Crippen LogP contribution < -0.4 is 5.32 Å². The highest BCUT2D eigenvalue weighted by atomic mass is 32.2. The Balaban J connectivity index is 2.06. The fourth-order valence-corrected chi connectivity index (χ4v) is 8.70. The van der Waals surface area contributed by atoms with Crippen LogP contribution in [0.5, 0.6) is 0 Å². The zero-order valence-corrected chi connectivity index (χ0v) is 21.1. The van der Waals surface area contributed by atoms with Crippen LogP contribution in [0.2, 0.25) is 0 Å². The van der Waals surface area contributed by atoms with Crippen molar-refractivity contribution in [1.82, 2.24) is 10.2 Å². The third-order valence-electron chi connectivity index (χ3n) is 7.45. The van der Waals surface area contributed by atoms with Crippen LogP contribution in [0.15, 0.2) is 0 Å². The Labute approximate surface area is 196 Å². The average molecular weight is 469 g/mol. The number of amides is 2. The molecule has 182 valence electrons. The van der Waals surface area contributed by atoms with Crippen LogP contribution in [0, 0.1) is 23.7 Å². The third-order valence-corrected chi connectivity index (χ3v) is 9.52. The van der Waals surface area contributed by atoms with Gasteiger partial charge in [0.05, 0.1) is 35.8 Å². The van der Waals surface area contributed by atoms with Gasteiger partial charge in [-0.25, -0.2) is 0 Å². The molecule has 0 aromatic heterocycles. The van der Waals surface area contributed by atoms with Gasteiger partial charge in [-0.2, -0.15) is 0 Å². The van der Waals surface area contributed by atoms with Gasteiger partial charge in [-0.1, -0.05) is 34.1 Å². The lowest BCUT2D eigenvalue weighted by atomic mass is 9.66.